The van der Waals surface area contributed by atoms with Crippen LogP contribution in [0.5, 0.6) is 0 Å². The molecule has 0 aliphatic carbocycles. The second-order valence-corrected chi connectivity index (χ2v) is 8.05. The number of benzene rings is 2. The minimum absolute atomic E-state index is 0. The molecule has 2 heteroatoms. The summed E-state index contributed by atoms with van der Waals surface area (Å²) in [7, 11) is 0.191. The molecule has 1 heterocycles. The Morgan fingerprint density at radius 2 is 1.35 bits per heavy atom. The highest BCUT2D eigenvalue weighted by molar-refractivity contribution is 7.58. The van der Waals surface area contributed by atoms with Crippen LogP contribution in [0.15, 0.2) is 60.7 Å². The Morgan fingerprint density at radius 3 is 1.95 bits per heavy atom. The summed E-state index contributed by atoms with van der Waals surface area (Å²) in [6.45, 7) is 0. The highest BCUT2D eigenvalue weighted by atomic mass is 31.1. The van der Waals surface area contributed by atoms with Crippen molar-refractivity contribution >= 4 is 16.3 Å². The molecule has 3 rings (SSSR count). The third-order valence-electron chi connectivity index (χ3n) is 4.04. The van der Waals surface area contributed by atoms with Crippen molar-refractivity contribution < 1.29 is 0 Å². The highest BCUT2D eigenvalue weighted by Crippen LogP contribution is 2.56. The van der Waals surface area contributed by atoms with Gasteiger partial charge in [0, 0.05) is 14.1 Å². The zero-order valence-electron chi connectivity index (χ0n) is 11.9. The topological polar surface area (TPSA) is 0 Å². The van der Waals surface area contributed by atoms with Gasteiger partial charge in [-0.1, -0.05) is 68.6 Å². The van der Waals surface area contributed by atoms with Crippen LogP contribution in [0.2, 0.25) is 0 Å². The maximum absolute atomic E-state index is 2.33. The largest absolute Gasteiger partial charge is 0.0987 e. The summed E-state index contributed by atoms with van der Waals surface area (Å²) in [5, 5.41) is 0. The Kier molecular flexibility index (Phi) is 5.86. The number of hydrogen-bond acceptors (Lipinski definition) is 0. The first-order chi connectivity index (χ1) is 9.43. The molecule has 0 amide bonds. The number of rotatable bonds is 4. The molecule has 0 N–H and O–H groups in total. The molecule has 20 heavy (non-hydrogen) atoms. The molecule has 2 aromatic rings. The zero-order valence-corrected chi connectivity index (χ0v) is 12.8. The van der Waals surface area contributed by atoms with E-state index in [2.05, 4.69) is 60.7 Å². The summed E-state index contributed by atoms with van der Waals surface area (Å²) in [6.07, 6.45) is 7.06. The van der Waals surface area contributed by atoms with Crippen LogP contribution < -0.4 is 0 Å². The second-order valence-electron chi connectivity index (χ2n) is 5.36. The van der Waals surface area contributed by atoms with Crippen molar-refractivity contribution in [1.29, 1.82) is 0 Å². The molecule has 0 aromatic heterocycles. The van der Waals surface area contributed by atoms with Crippen molar-refractivity contribution in [2.75, 3.05) is 12.3 Å². The van der Waals surface area contributed by atoms with Gasteiger partial charge in [-0.15, -0.1) is 0 Å². The SMILES string of the molecule is [B].c1ccc(CC(c2ccccc2)P2CCCC2)cc1. The lowest BCUT2D eigenvalue weighted by atomic mass is 10.0. The first-order valence-electron chi connectivity index (χ1n) is 7.26. The van der Waals surface area contributed by atoms with Crippen LogP contribution in [0, 0.1) is 0 Å². The van der Waals surface area contributed by atoms with Crippen molar-refractivity contribution in [1.82, 2.24) is 0 Å². The van der Waals surface area contributed by atoms with E-state index < -0.39 is 0 Å². The lowest BCUT2D eigenvalue weighted by Crippen LogP contribution is -2.02. The minimum atomic E-state index is 0. The van der Waals surface area contributed by atoms with Crippen molar-refractivity contribution in [2.24, 2.45) is 0 Å². The van der Waals surface area contributed by atoms with Gasteiger partial charge >= 0.3 is 0 Å². The average Bonchev–Trinajstić information content (AvgIpc) is 3.01. The van der Waals surface area contributed by atoms with Crippen LogP contribution in [0.4, 0.5) is 0 Å². The first-order valence-corrected chi connectivity index (χ1v) is 9.04. The fraction of sp³-hybridized carbons (Fsp3) is 0.333. The minimum Gasteiger partial charge on any atom is -0.0987 e. The second kappa shape index (κ2) is 7.65. The number of hydrogen-bond donors (Lipinski definition) is 0. The average molecular weight is 279 g/mol. The van der Waals surface area contributed by atoms with Crippen molar-refractivity contribution in [3.63, 3.8) is 0 Å². The lowest BCUT2D eigenvalue weighted by molar-refractivity contribution is 0.915. The molecule has 0 nitrogen and oxygen atoms in total. The van der Waals surface area contributed by atoms with Gasteiger partial charge in [0.05, 0.1) is 0 Å². The van der Waals surface area contributed by atoms with Gasteiger partial charge in [-0.25, -0.2) is 0 Å². The van der Waals surface area contributed by atoms with Crippen LogP contribution in [-0.4, -0.2) is 20.7 Å². The Labute approximate surface area is 125 Å². The normalized spacial score (nSPS) is 16.6. The van der Waals surface area contributed by atoms with Crippen LogP contribution in [0.1, 0.15) is 29.6 Å². The van der Waals surface area contributed by atoms with Gasteiger partial charge < -0.3 is 0 Å². The van der Waals surface area contributed by atoms with Gasteiger partial charge in [0.25, 0.3) is 0 Å². The predicted molar refractivity (Wildman–Crippen MR) is 91.0 cm³/mol. The predicted octanol–water partition coefficient (Wildman–Crippen LogP) is 4.87. The molecular formula is C18H21BP. The quantitative estimate of drug-likeness (QED) is 0.553. The summed E-state index contributed by atoms with van der Waals surface area (Å²) in [5.41, 5.74) is 3.81. The zero-order chi connectivity index (χ0) is 12.9. The van der Waals surface area contributed by atoms with E-state index in [0.29, 0.717) is 0 Å². The summed E-state index contributed by atoms with van der Waals surface area (Å²) < 4.78 is 0. The van der Waals surface area contributed by atoms with Gasteiger partial charge in [-0.05, 0) is 42.7 Å². The van der Waals surface area contributed by atoms with Crippen molar-refractivity contribution in [3.05, 3.63) is 71.8 Å². The van der Waals surface area contributed by atoms with E-state index in [0.717, 1.165) is 5.66 Å². The summed E-state index contributed by atoms with van der Waals surface area (Å²) in [5.74, 6) is 0. The van der Waals surface area contributed by atoms with Gasteiger partial charge in [0.2, 0.25) is 0 Å². The maximum atomic E-state index is 2.33. The molecule has 3 radical (unpaired) electrons. The van der Waals surface area contributed by atoms with Crippen LogP contribution >= 0.6 is 7.92 Å². The van der Waals surface area contributed by atoms with Crippen LogP contribution in [0.25, 0.3) is 0 Å². The van der Waals surface area contributed by atoms with Crippen LogP contribution in [-0.2, 0) is 6.42 Å². The Balaban J connectivity index is 0.00000147. The van der Waals surface area contributed by atoms with E-state index >= 15 is 0 Å². The van der Waals surface area contributed by atoms with E-state index in [1.165, 1.54) is 37.1 Å². The molecular weight excluding hydrogens is 258 g/mol. The fourth-order valence-electron chi connectivity index (χ4n) is 3.02. The Bertz CT molecular complexity index is 491. The van der Waals surface area contributed by atoms with Crippen molar-refractivity contribution in [2.45, 2.75) is 24.9 Å². The summed E-state index contributed by atoms with van der Waals surface area (Å²) in [6, 6.07) is 22.2. The third-order valence-corrected chi connectivity index (χ3v) is 7.18. The molecule has 1 fully saturated rings. The van der Waals surface area contributed by atoms with E-state index in [-0.39, 0.29) is 16.3 Å². The Morgan fingerprint density at radius 1 is 0.800 bits per heavy atom. The van der Waals surface area contributed by atoms with Gasteiger partial charge in [-0.2, -0.15) is 0 Å². The molecule has 0 saturated carbocycles. The van der Waals surface area contributed by atoms with E-state index in [1.54, 1.807) is 5.56 Å². The van der Waals surface area contributed by atoms with Gasteiger partial charge in [0.1, 0.15) is 0 Å². The van der Waals surface area contributed by atoms with E-state index in [4.69, 9.17) is 0 Å². The van der Waals surface area contributed by atoms with E-state index in [1.807, 2.05) is 0 Å². The molecule has 0 spiro atoms. The lowest BCUT2D eigenvalue weighted by Gasteiger charge is -2.24. The summed E-state index contributed by atoms with van der Waals surface area (Å²) in [4.78, 5) is 0. The molecule has 1 aliphatic rings. The standard InChI is InChI=1S/C18H21P.B/c1-3-9-16(10-4-1)15-18(19-13-7-8-14-19)17-11-5-2-6-12-17;/h1-6,9-12,18H,7-8,13-15H2;. The van der Waals surface area contributed by atoms with Crippen molar-refractivity contribution in [3.8, 4) is 0 Å². The molecule has 1 saturated heterocycles. The molecule has 1 unspecified atom stereocenters. The maximum Gasteiger partial charge on any atom is 0.00822 e. The third kappa shape index (κ3) is 3.73. The van der Waals surface area contributed by atoms with Gasteiger partial charge in [0.15, 0.2) is 0 Å². The molecule has 2 aromatic carbocycles. The summed E-state index contributed by atoms with van der Waals surface area (Å²) >= 11 is 0. The Hall–Kier alpha value is -1.07. The fourth-order valence-corrected chi connectivity index (χ4v) is 6.19. The highest BCUT2D eigenvalue weighted by Gasteiger charge is 2.25. The monoisotopic (exact) mass is 279 g/mol. The molecule has 0 bridgehead atoms. The smallest absolute Gasteiger partial charge is 0.00822 e. The van der Waals surface area contributed by atoms with E-state index in [9.17, 15) is 0 Å². The van der Waals surface area contributed by atoms with Crippen LogP contribution in [0.3, 0.4) is 0 Å². The molecule has 1 aliphatic heterocycles. The molecule has 101 valence electrons. The first kappa shape index (κ1) is 15.3. The molecule has 1 atom stereocenters. The van der Waals surface area contributed by atoms with Gasteiger partial charge in [-0.3, -0.25) is 0 Å².